The van der Waals surface area contributed by atoms with Gasteiger partial charge in [0.1, 0.15) is 4.90 Å². The molecule has 0 saturated heterocycles. The van der Waals surface area contributed by atoms with E-state index in [2.05, 4.69) is 20.7 Å². The number of benzene rings is 1. The van der Waals surface area contributed by atoms with Crippen LogP contribution in [0.4, 0.5) is 5.69 Å². The molecular weight excluding hydrogens is 332 g/mol. The van der Waals surface area contributed by atoms with Gasteiger partial charge in [0.2, 0.25) is 10.0 Å². The maximum atomic E-state index is 12.0. The highest BCUT2D eigenvalue weighted by molar-refractivity contribution is 9.10. The van der Waals surface area contributed by atoms with Crippen molar-refractivity contribution in [1.29, 1.82) is 0 Å². The molecule has 0 bridgehead atoms. The zero-order chi connectivity index (χ0) is 13.9. The Balaban J connectivity index is 1.86. The van der Waals surface area contributed by atoms with Crippen molar-refractivity contribution in [3.8, 4) is 0 Å². The Morgan fingerprint density at radius 2 is 2.16 bits per heavy atom. The second-order valence-corrected chi connectivity index (χ2v) is 7.25. The number of ether oxygens (including phenoxy) is 1. The van der Waals surface area contributed by atoms with Gasteiger partial charge in [-0.15, -0.1) is 0 Å². The van der Waals surface area contributed by atoms with Crippen molar-refractivity contribution in [2.45, 2.75) is 17.7 Å². The van der Waals surface area contributed by atoms with Crippen LogP contribution in [0, 0.1) is 5.92 Å². The quantitative estimate of drug-likeness (QED) is 0.580. The topological polar surface area (TPSA) is 81.4 Å². The smallest absolute Gasteiger partial charge is 0.242 e. The average molecular weight is 349 g/mol. The van der Waals surface area contributed by atoms with Crippen LogP contribution >= 0.6 is 15.9 Å². The lowest BCUT2D eigenvalue weighted by molar-refractivity contribution is 0.129. The third kappa shape index (κ3) is 4.45. The number of nitrogens with one attached hydrogen (secondary N) is 1. The molecule has 0 atom stereocenters. The lowest BCUT2D eigenvalue weighted by Gasteiger charge is -2.09. The van der Waals surface area contributed by atoms with E-state index in [1.54, 1.807) is 12.1 Å². The van der Waals surface area contributed by atoms with Crippen LogP contribution in [0.5, 0.6) is 0 Å². The van der Waals surface area contributed by atoms with Gasteiger partial charge in [-0.2, -0.15) is 0 Å². The summed E-state index contributed by atoms with van der Waals surface area (Å²) in [7, 11) is -3.57. The maximum absolute atomic E-state index is 12.0. The zero-order valence-electron chi connectivity index (χ0n) is 10.4. The van der Waals surface area contributed by atoms with Gasteiger partial charge in [-0.05, 0) is 37.0 Å². The number of nitrogen functional groups attached to an aromatic ring is 1. The summed E-state index contributed by atoms with van der Waals surface area (Å²) in [6.07, 6.45) is 2.45. The van der Waals surface area contributed by atoms with Crippen molar-refractivity contribution in [2.24, 2.45) is 5.92 Å². The molecule has 5 nitrogen and oxygen atoms in total. The van der Waals surface area contributed by atoms with Crippen LogP contribution in [0.1, 0.15) is 12.8 Å². The number of halogens is 1. The van der Waals surface area contributed by atoms with Crippen molar-refractivity contribution in [1.82, 2.24) is 4.72 Å². The Morgan fingerprint density at radius 3 is 2.79 bits per heavy atom. The van der Waals surface area contributed by atoms with Gasteiger partial charge in [0, 0.05) is 17.6 Å². The summed E-state index contributed by atoms with van der Waals surface area (Å²) in [5, 5.41) is 0. The summed E-state index contributed by atoms with van der Waals surface area (Å²) in [5.74, 6) is 0.679. The van der Waals surface area contributed by atoms with Gasteiger partial charge >= 0.3 is 0 Å². The van der Waals surface area contributed by atoms with Crippen molar-refractivity contribution < 1.29 is 13.2 Å². The Kier molecular flexibility index (Phi) is 4.83. The first-order valence-electron chi connectivity index (χ1n) is 6.11. The molecule has 7 heteroatoms. The predicted molar refractivity (Wildman–Crippen MR) is 77.3 cm³/mol. The molecule has 1 aromatic rings. The van der Waals surface area contributed by atoms with Crippen molar-refractivity contribution >= 4 is 31.6 Å². The molecule has 1 saturated carbocycles. The first-order valence-corrected chi connectivity index (χ1v) is 8.39. The minimum atomic E-state index is -3.57. The van der Waals surface area contributed by atoms with E-state index in [0.29, 0.717) is 12.5 Å². The molecule has 3 N–H and O–H groups in total. The van der Waals surface area contributed by atoms with Crippen molar-refractivity contribution in [2.75, 3.05) is 25.5 Å². The fraction of sp³-hybridized carbons (Fsp3) is 0.500. The summed E-state index contributed by atoms with van der Waals surface area (Å²) < 4.78 is 32.6. The molecule has 1 aliphatic carbocycles. The Labute approximate surface area is 121 Å². The zero-order valence-corrected chi connectivity index (χ0v) is 12.8. The van der Waals surface area contributed by atoms with Crippen LogP contribution in [0.3, 0.4) is 0 Å². The van der Waals surface area contributed by atoms with Crippen LogP contribution in [0.15, 0.2) is 27.6 Å². The van der Waals surface area contributed by atoms with E-state index in [0.717, 1.165) is 11.1 Å². The maximum Gasteiger partial charge on any atom is 0.242 e. The van der Waals surface area contributed by atoms with Crippen molar-refractivity contribution in [3.05, 3.63) is 22.7 Å². The van der Waals surface area contributed by atoms with E-state index in [9.17, 15) is 8.42 Å². The van der Waals surface area contributed by atoms with Crippen molar-refractivity contribution in [3.63, 3.8) is 0 Å². The monoisotopic (exact) mass is 348 g/mol. The molecule has 1 aromatic carbocycles. The van der Waals surface area contributed by atoms with Gasteiger partial charge in [0.25, 0.3) is 0 Å². The van der Waals surface area contributed by atoms with Crippen LogP contribution in [0.25, 0.3) is 0 Å². The number of nitrogens with two attached hydrogens (primary N) is 1. The highest BCUT2D eigenvalue weighted by atomic mass is 79.9. The summed E-state index contributed by atoms with van der Waals surface area (Å²) in [4.78, 5) is 0.0953. The highest BCUT2D eigenvalue weighted by Crippen LogP contribution is 2.28. The van der Waals surface area contributed by atoms with Crippen LogP contribution in [-0.2, 0) is 14.8 Å². The number of anilines is 1. The van der Waals surface area contributed by atoms with Crippen LogP contribution in [-0.4, -0.2) is 28.2 Å². The largest absolute Gasteiger partial charge is 0.398 e. The normalized spacial score (nSPS) is 15.6. The Morgan fingerprint density at radius 1 is 1.42 bits per heavy atom. The molecule has 0 heterocycles. The van der Waals surface area contributed by atoms with E-state index < -0.39 is 10.0 Å². The Hall–Kier alpha value is -0.630. The minimum absolute atomic E-state index is 0.0953. The fourth-order valence-electron chi connectivity index (χ4n) is 1.62. The van der Waals surface area contributed by atoms with Crippen LogP contribution < -0.4 is 10.5 Å². The van der Waals surface area contributed by atoms with Gasteiger partial charge < -0.3 is 10.5 Å². The van der Waals surface area contributed by atoms with E-state index in [-0.39, 0.29) is 17.1 Å². The molecule has 1 aliphatic rings. The summed E-state index contributed by atoms with van der Waals surface area (Å²) in [5.41, 5.74) is 5.93. The number of hydrogen-bond donors (Lipinski definition) is 2. The third-order valence-electron chi connectivity index (χ3n) is 2.85. The summed E-state index contributed by atoms with van der Waals surface area (Å²) in [6, 6.07) is 4.69. The standard InChI is InChI=1S/C12H17BrN2O3S/c13-10-3-4-12(11(14)7-10)19(16,17)15-5-6-18-8-9-1-2-9/h3-4,7,9,15H,1-2,5-6,8,14H2. The summed E-state index contributed by atoms with van der Waals surface area (Å²) in [6.45, 7) is 1.36. The number of rotatable bonds is 7. The van der Waals surface area contributed by atoms with E-state index in [4.69, 9.17) is 10.5 Å². The number of hydrogen-bond acceptors (Lipinski definition) is 4. The molecule has 2 rings (SSSR count). The predicted octanol–water partition coefficient (Wildman–Crippen LogP) is 1.74. The second kappa shape index (κ2) is 6.21. The lowest BCUT2D eigenvalue weighted by Crippen LogP contribution is -2.28. The highest BCUT2D eigenvalue weighted by Gasteiger charge is 2.21. The second-order valence-electron chi connectivity index (χ2n) is 4.60. The Bertz CT molecular complexity index is 544. The molecule has 0 radical (unpaired) electrons. The molecule has 0 spiro atoms. The first kappa shape index (κ1) is 14.8. The van der Waals surface area contributed by atoms with Gasteiger partial charge in [-0.1, -0.05) is 15.9 Å². The molecule has 1 fully saturated rings. The SMILES string of the molecule is Nc1cc(Br)ccc1S(=O)(=O)NCCOCC1CC1. The number of sulfonamides is 1. The fourth-order valence-corrected chi connectivity index (χ4v) is 3.13. The van der Waals surface area contributed by atoms with E-state index in [1.165, 1.54) is 18.9 Å². The van der Waals surface area contributed by atoms with Gasteiger partial charge in [-0.3, -0.25) is 0 Å². The molecule has 106 valence electrons. The molecule has 19 heavy (non-hydrogen) atoms. The lowest BCUT2D eigenvalue weighted by atomic mass is 10.3. The molecular formula is C12H17BrN2O3S. The first-order chi connectivity index (χ1) is 8.99. The van der Waals surface area contributed by atoms with E-state index in [1.807, 2.05) is 0 Å². The average Bonchev–Trinajstić information content (AvgIpc) is 3.11. The van der Waals surface area contributed by atoms with Gasteiger partial charge in [0.05, 0.1) is 12.3 Å². The molecule has 0 unspecified atom stereocenters. The minimum Gasteiger partial charge on any atom is -0.398 e. The summed E-state index contributed by atoms with van der Waals surface area (Å²) >= 11 is 3.24. The van der Waals surface area contributed by atoms with Gasteiger partial charge in [0.15, 0.2) is 0 Å². The molecule has 0 amide bonds. The van der Waals surface area contributed by atoms with Crippen LogP contribution in [0.2, 0.25) is 0 Å². The molecule has 0 aromatic heterocycles. The molecule has 0 aliphatic heterocycles. The van der Waals surface area contributed by atoms with E-state index >= 15 is 0 Å². The third-order valence-corrected chi connectivity index (χ3v) is 4.88. The van der Waals surface area contributed by atoms with Gasteiger partial charge in [-0.25, -0.2) is 13.1 Å².